The molecule has 1 heteroatoms. The van der Waals surface area contributed by atoms with Gasteiger partial charge in [-0.15, -0.1) is 6.58 Å². The second kappa shape index (κ2) is 4.97. The van der Waals surface area contributed by atoms with E-state index >= 15 is 0 Å². The highest BCUT2D eigenvalue weighted by atomic mass is 16.3. The van der Waals surface area contributed by atoms with Crippen LogP contribution in [0.25, 0.3) is 0 Å². The minimum Gasteiger partial charge on any atom is -0.388 e. The number of aliphatic hydroxyl groups is 1. The first kappa shape index (κ1) is 11.0. The highest BCUT2D eigenvalue weighted by Gasteiger charge is 2.08. The van der Waals surface area contributed by atoms with E-state index in [0.717, 1.165) is 18.4 Å². The Bertz CT molecular complexity index is 315. The summed E-state index contributed by atoms with van der Waals surface area (Å²) < 4.78 is 0. The number of aliphatic hydroxyl groups excluding tert-OH is 1. The van der Waals surface area contributed by atoms with Crippen LogP contribution in [0.1, 0.15) is 35.6 Å². The standard InChI is InChI=1S/C13H18O/c1-4-5-6-13(14)12-8-7-10(2)9-11(12)3/h4,7-9,13-14H,1,5-6H2,2-3H3. The van der Waals surface area contributed by atoms with Crippen LogP contribution in [0.5, 0.6) is 0 Å². The van der Waals surface area contributed by atoms with Gasteiger partial charge in [0.25, 0.3) is 0 Å². The first-order valence-electron chi connectivity index (χ1n) is 5.01. The molecule has 0 aromatic heterocycles. The fourth-order valence-corrected chi connectivity index (χ4v) is 1.63. The zero-order valence-electron chi connectivity index (χ0n) is 8.96. The fraction of sp³-hybridized carbons (Fsp3) is 0.385. The van der Waals surface area contributed by atoms with Crippen molar-refractivity contribution in [2.45, 2.75) is 32.8 Å². The summed E-state index contributed by atoms with van der Waals surface area (Å²) in [4.78, 5) is 0. The molecule has 0 amide bonds. The third kappa shape index (κ3) is 2.71. The van der Waals surface area contributed by atoms with Gasteiger partial charge >= 0.3 is 0 Å². The van der Waals surface area contributed by atoms with E-state index in [-0.39, 0.29) is 6.10 Å². The second-order valence-electron chi connectivity index (χ2n) is 3.74. The molecule has 1 aromatic carbocycles. The van der Waals surface area contributed by atoms with Crippen LogP contribution in [0.2, 0.25) is 0 Å². The molecule has 0 aliphatic rings. The van der Waals surface area contributed by atoms with Gasteiger partial charge in [-0.1, -0.05) is 29.8 Å². The first-order valence-corrected chi connectivity index (χ1v) is 5.01. The average molecular weight is 190 g/mol. The fourth-order valence-electron chi connectivity index (χ4n) is 1.63. The van der Waals surface area contributed by atoms with Gasteiger partial charge in [-0.05, 0) is 37.8 Å². The highest BCUT2D eigenvalue weighted by molar-refractivity contribution is 5.31. The second-order valence-corrected chi connectivity index (χ2v) is 3.74. The van der Waals surface area contributed by atoms with Gasteiger partial charge in [-0.3, -0.25) is 0 Å². The highest BCUT2D eigenvalue weighted by Crippen LogP contribution is 2.22. The van der Waals surface area contributed by atoms with Crippen molar-refractivity contribution in [3.05, 3.63) is 47.5 Å². The van der Waals surface area contributed by atoms with E-state index in [0.29, 0.717) is 0 Å². The molecule has 0 spiro atoms. The van der Waals surface area contributed by atoms with E-state index in [2.05, 4.69) is 19.6 Å². The number of benzene rings is 1. The lowest BCUT2D eigenvalue weighted by molar-refractivity contribution is 0.168. The Morgan fingerprint density at radius 3 is 2.71 bits per heavy atom. The number of hydrogen-bond acceptors (Lipinski definition) is 1. The molecular formula is C13H18O. The monoisotopic (exact) mass is 190 g/mol. The maximum atomic E-state index is 9.88. The van der Waals surface area contributed by atoms with Gasteiger partial charge in [0.2, 0.25) is 0 Å². The van der Waals surface area contributed by atoms with Gasteiger partial charge in [0.05, 0.1) is 6.10 Å². The van der Waals surface area contributed by atoms with Gasteiger partial charge in [0, 0.05) is 0 Å². The molecule has 0 saturated carbocycles. The minimum absolute atomic E-state index is 0.353. The molecule has 1 rings (SSSR count). The molecule has 14 heavy (non-hydrogen) atoms. The van der Waals surface area contributed by atoms with Crippen LogP contribution >= 0.6 is 0 Å². The average Bonchev–Trinajstić information content (AvgIpc) is 2.14. The van der Waals surface area contributed by atoms with Gasteiger partial charge in [0.1, 0.15) is 0 Å². The van der Waals surface area contributed by atoms with Crippen LogP contribution in [0.4, 0.5) is 0 Å². The first-order chi connectivity index (χ1) is 6.65. The lowest BCUT2D eigenvalue weighted by atomic mass is 9.98. The minimum atomic E-state index is -0.353. The van der Waals surface area contributed by atoms with Gasteiger partial charge in [0.15, 0.2) is 0 Å². The van der Waals surface area contributed by atoms with E-state index in [1.54, 1.807) is 0 Å². The van der Waals surface area contributed by atoms with Gasteiger partial charge < -0.3 is 5.11 Å². The Morgan fingerprint density at radius 1 is 1.43 bits per heavy atom. The SMILES string of the molecule is C=CCCC(O)c1ccc(C)cc1C. The maximum Gasteiger partial charge on any atom is 0.0795 e. The number of rotatable bonds is 4. The summed E-state index contributed by atoms with van der Waals surface area (Å²) in [6.45, 7) is 7.76. The number of aryl methyl sites for hydroxylation is 2. The van der Waals surface area contributed by atoms with Crippen molar-refractivity contribution in [3.8, 4) is 0 Å². The van der Waals surface area contributed by atoms with Gasteiger partial charge in [-0.25, -0.2) is 0 Å². The summed E-state index contributed by atoms with van der Waals surface area (Å²) in [6.07, 6.45) is 3.10. The molecule has 1 N–H and O–H groups in total. The Hall–Kier alpha value is -1.08. The van der Waals surface area contributed by atoms with Crippen LogP contribution < -0.4 is 0 Å². The molecule has 0 aliphatic heterocycles. The lowest BCUT2D eigenvalue weighted by Gasteiger charge is -2.13. The third-order valence-corrected chi connectivity index (χ3v) is 2.43. The van der Waals surface area contributed by atoms with E-state index in [9.17, 15) is 5.11 Å². The summed E-state index contributed by atoms with van der Waals surface area (Å²) in [5.74, 6) is 0. The van der Waals surface area contributed by atoms with Crippen LogP contribution in [-0.4, -0.2) is 5.11 Å². The van der Waals surface area contributed by atoms with E-state index in [1.165, 1.54) is 11.1 Å². The normalized spacial score (nSPS) is 12.5. The quantitative estimate of drug-likeness (QED) is 0.722. The van der Waals surface area contributed by atoms with Crippen molar-refractivity contribution in [2.24, 2.45) is 0 Å². The van der Waals surface area contributed by atoms with Crippen LogP contribution in [0, 0.1) is 13.8 Å². The molecule has 1 aromatic rings. The zero-order chi connectivity index (χ0) is 10.6. The van der Waals surface area contributed by atoms with Crippen molar-refractivity contribution in [3.63, 3.8) is 0 Å². The summed E-state index contributed by atoms with van der Waals surface area (Å²) >= 11 is 0. The number of hydrogen-bond donors (Lipinski definition) is 1. The largest absolute Gasteiger partial charge is 0.388 e. The predicted molar refractivity (Wildman–Crippen MR) is 60.3 cm³/mol. The maximum absolute atomic E-state index is 9.88. The van der Waals surface area contributed by atoms with Crippen molar-refractivity contribution in [1.29, 1.82) is 0 Å². The Labute approximate surface area is 86.1 Å². The summed E-state index contributed by atoms with van der Waals surface area (Å²) in [5.41, 5.74) is 3.45. The molecule has 1 atom stereocenters. The summed E-state index contributed by atoms with van der Waals surface area (Å²) in [5, 5.41) is 9.88. The van der Waals surface area contributed by atoms with E-state index < -0.39 is 0 Å². The van der Waals surface area contributed by atoms with Gasteiger partial charge in [-0.2, -0.15) is 0 Å². The van der Waals surface area contributed by atoms with Crippen LogP contribution in [0.15, 0.2) is 30.9 Å². The smallest absolute Gasteiger partial charge is 0.0795 e. The van der Waals surface area contributed by atoms with Crippen LogP contribution in [0.3, 0.4) is 0 Å². The van der Waals surface area contributed by atoms with Crippen molar-refractivity contribution in [2.75, 3.05) is 0 Å². The number of allylic oxidation sites excluding steroid dienone is 1. The van der Waals surface area contributed by atoms with Crippen LogP contribution in [-0.2, 0) is 0 Å². The molecule has 0 saturated heterocycles. The third-order valence-electron chi connectivity index (χ3n) is 2.43. The molecule has 76 valence electrons. The predicted octanol–water partition coefficient (Wildman–Crippen LogP) is 3.30. The summed E-state index contributed by atoms with van der Waals surface area (Å²) in [6, 6.07) is 6.16. The Balaban J connectivity index is 2.78. The topological polar surface area (TPSA) is 20.2 Å². The molecule has 0 bridgehead atoms. The molecule has 1 unspecified atom stereocenters. The van der Waals surface area contributed by atoms with Crippen molar-refractivity contribution < 1.29 is 5.11 Å². The van der Waals surface area contributed by atoms with E-state index in [4.69, 9.17) is 0 Å². The molecular weight excluding hydrogens is 172 g/mol. The summed E-state index contributed by atoms with van der Waals surface area (Å²) in [7, 11) is 0. The Kier molecular flexibility index (Phi) is 3.90. The zero-order valence-corrected chi connectivity index (χ0v) is 8.96. The molecule has 0 aliphatic carbocycles. The molecule has 0 radical (unpaired) electrons. The lowest BCUT2D eigenvalue weighted by Crippen LogP contribution is -1.99. The van der Waals surface area contributed by atoms with Crippen molar-refractivity contribution in [1.82, 2.24) is 0 Å². The molecule has 0 heterocycles. The van der Waals surface area contributed by atoms with Crippen molar-refractivity contribution >= 4 is 0 Å². The van der Waals surface area contributed by atoms with E-state index in [1.807, 2.05) is 25.1 Å². The molecule has 0 fully saturated rings. The molecule has 1 nitrogen and oxygen atoms in total. The Morgan fingerprint density at radius 2 is 2.14 bits per heavy atom.